The molecule has 0 aromatic carbocycles. The molecule has 0 bridgehead atoms. The van der Waals surface area contributed by atoms with Crippen LogP contribution in [0.5, 0.6) is 0 Å². The van der Waals surface area contributed by atoms with Crippen LogP contribution in [0.3, 0.4) is 0 Å². The first-order valence-electron chi connectivity index (χ1n) is 3.84. The van der Waals surface area contributed by atoms with Crippen molar-refractivity contribution in [2.75, 3.05) is 6.61 Å². The Morgan fingerprint density at radius 3 is 2.18 bits per heavy atom. The molecule has 0 unspecified atom stereocenters. The van der Waals surface area contributed by atoms with Gasteiger partial charge in [0.1, 0.15) is 0 Å². The molecule has 1 aliphatic heterocycles. The fourth-order valence-corrected chi connectivity index (χ4v) is 1.20. The van der Waals surface area contributed by atoms with Crippen LogP contribution in [0.1, 0.15) is 20.8 Å². The lowest BCUT2D eigenvalue weighted by molar-refractivity contribution is -0.127. The zero-order chi connectivity index (χ0) is 8.65. The Hall–Kier alpha value is -0.410. The van der Waals surface area contributed by atoms with E-state index in [0.717, 1.165) is 0 Å². The van der Waals surface area contributed by atoms with E-state index in [4.69, 9.17) is 4.74 Å². The molecule has 64 valence electrons. The molecular formula is C8H14O3. The SMILES string of the molecule is CC(=O)[C@]1([C@@H](O)C(C)C)CO1. The first-order valence-corrected chi connectivity index (χ1v) is 3.84. The van der Waals surface area contributed by atoms with Crippen LogP contribution in [0.15, 0.2) is 0 Å². The van der Waals surface area contributed by atoms with Crippen molar-refractivity contribution in [2.24, 2.45) is 5.92 Å². The molecule has 1 fully saturated rings. The van der Waals surface area contributed by atoms with Gasteiger partial charge in [0.15, 0.2) is 11.4 Å². The molecule has 1 aliphatic rings. The maximum atomic E-state index is 11.0. The van der Waals surface area contributed by atoms with E-state index >= 15 is 0 Å². The lowest BCUT2D eigenvalue weighted by atomic mass is 9.91. The number of rotatable bonds is 3. The van der Waals surface area contributed by atoms with Gasteiger partial charge in [0.25, 0.3) is 0 Å². The second kappa shape index (κ2) is 2.57. The van der Waals surface area contributed by atoms with Crippen LogP contribution in [-0.2, 0) is 9.53 Å². The monoisotopic (exact) mass is 158 g/mol. The highest BCUT2D eigenvalue weighted by molar-refractivity contribution is 5.88. The van der Waals surface area contributed by atoms with Crippen molar-refractivity contribution in [3.05, 3.63) is 0 Å². The number of Topliss-reactive ketones (excluding diaryl/α,β-unsaturated/α-hetero) is 1. The number of aliphatic hydroxyl groups is 1. The molecule has 3 heteroatoms. The minimum Gasteiger partial charge on any atom is -0.389 e. The van der Waals surface area contributed by atoms with Crippen LogP contribution in [0.25, 0.3) is 0 Å². The van der Waals surface area contributed by atoms with Crippen LogP contribution in [0.4, 0.5) is 0 Å². The molecule has 1 rings (SSSR count). The molecule has 1 heterocycles. The van der Waals surface area contributed by atoms with Gasteiger partial charge >= 0.3 is 0 Å². The lowest BCUT2D eigenvalue weighted by Crippen LogP contribution is -2.40. The summed E-state index contributed by atoms with van der Waals surface area (Å²) in [5, 5.41) is 9.54. The van der Waals surface area contributed by atoms with Gasteiger partial charge < -0.3 is 9.84 Å². The van der Waals surface area contributed by atoms with Crippen LogP contribution < -0.4 is 0 Å². The molecule has 0 spiro atoms. The number of ketones is 1. The van der Waals surface area contributed by atoms with E-state index in [-0.39, 0.29) is 11.7 Å². The van der Waals surface area contributed by atoms with E-state index in [1.807, 2.05) is 13.8 Å². The molecule has 3 nitrogen and oxygen atoms in total. The third-order valence-electron chi connectivity index (χ3n) is 2.16. The number of ether oxygens (including phenoxy) is 1. The molecule has 1 N–H and O–H groups in total. The van der Waals surface area contributed by atoms with Crippen molar-refractivity contribution < 1.29 is 14.6 Å². The number of hydrogen-bond donors (Lipinski definition) is 1. The third kappa shape index (κ3) is 1.30. The largest absolute Gasteiger partial charge is 0.389 e. The van der Waals surface area contributed by atoms with E-state index in [1.165, 1.54) is 6.92 Å². The average Bonchev–Trinajstić information content (AvgIpc) is 2.65. The van der Waals surface area contributed by atoms with E-state index < -0.39 is 11.7 Å². The van der Waals surface area contributed by atoms with E-state index in [2.05, 4.69) is 0 Å². The van der Waals surface area contributed by atoms with Gasteiger partial charge in [-0.15, -0.1) is 0 Å². The Balaban J connectivity index is 2.65. The predicted octanol–water partition coefficient (Wildman–Crippen LogP) is 0.361. The van der Waals surface area contributed by atoms with Gasteiger partial charge in [-0.05, 0) is 12.8 Å². The minimum atomic E-state index is -0.853. The van der Waals surface area contributed by atoms with Crippen LogP contribution in [0.2, 0.25) is 0 Å². The van der Waals surface area contributed by atoms with Crippen molar-refractivity contribution in [3.63, 3.8) is 0 Å². The molecule has 11 heavy (non-hydrogen) atoms. The highest BCUT2D eigenvalue weighted by Gasteiger charge is 2.56. The number of epoxide rings is 1. The molecule has 1 saturated heterocycles. The first-order chi connectivity index (χ1) is 5.00. The summed E-state index contributed by atoms with van der Waals surface area (Å²) in [5.41, 5.74) is -0.853. The van der Waals surface area contributed by atoms with Gasteiger partial charge in [0.2, 0.25) is 0 Å². The van der Waals surface area contributed by atoms with Gasteiger partial charge in [0.05, 0.1) is 12.7 Å². The maximum Gasteiger partial charge on any atom is 0.175 e. The Labute approximate surface area is 66.4 Å². The van der Waals surface area contributed by atoms with Crippen molar-refractivity contribution in [2.45, 2.75) is 32.5 Å². The Bertz CT molecular complexity index is 170. The first kappa shape index (κ1) is 8.68. The zero-order valence-corrected chi connectivity index (χ0v) is 7.13. The fraction of sp³-hybridized carbons (Fsp3) is 0.875. The summed E-state index contributed by atoms with van der Waals surface area (Å²) in [6, 6.07) is 0. The van der Waals surface area contributed by atoms with E-state index in [9.17, 15) is 9.90 Å². The summed E-state index contributed by atoms with van der Waals surface area (Å²) in [4.78, 5) is 11.0. The third-order valence-corrected chi connectivity index (χ3v) is 2.16. The fourth-order valence-electron chi connectivity index (χ4n) is 1.20. The van der Waals surface area contributed by atoms with Gasteiger partial charge in [-0.1, -0.05) is 13.8 Å². The lowest BCUT2D eigenvalue weighted by Gasteiger charge is -2.19. The highest BCUT2D eigenvalue weighted by atomic mass is 16.6. The summed E-state index contributed by atoms with van der Waals surface area (Å²) in [7, 11) is 0. The van der Waals surface area contributed by atoms with Gasteiger partial charge in [-0.25, -0.2) is 0 Å². The smallest absolute Gasteiger partial charge is 0.175 e. The second-order valence-corrected chi connectivity index (χ2v) is 3.42. The van der Waals surface area contributed by atoms with Crippen molar-refractivity contribution in [3.8, 4) is 0 Å². The molecule has 0 aromatic rings. The molecular weight excluding hydrogens is 144 g/mol. The summed E-state index contributed by atoms with van der Waals surface area (Å²) in [6.07, 6.45) is -0.653. The molecule has 0 aromatic heterocycles. The summed E-state index contributed by atoms with van der Waals surface area (Å²) in [6.45, 7) is 5.58. The van der Waals surface area contributed by atoms with E-state index in [1.54, 1.807) is 0 Å². The van der Waals surface area contributed by atoms with Crippen LogP contribution in [-0.4, -0.2) is 29.2 Å². The highest BCUT2D eigenvalue weighted by Crippen LogP contribution is 2.35. The Morgan fingerprint density at radius 2 is 2.09 bits per heavy atom. The molecule has 0 aliphatic carbocycles. The topological polar surface area (TPSA) is 49.8 Å². The number of aliphatic hydroxyl groups excluding tert-OH is 1. The normalized spacial score (nSPS) is 32.1. The quantitative estimate of drug-likeness (QED) is 0.603. The Kier molecular flexibility index (Phi) is 2.03. The minimum absolute atomic E-state index is 0.0706. The summed E-state index contributed by atoms with van der Waals surface area (Å²) in [5.74, 6) is 0.0000926. The number of hydrogen-bond acceptors (Lipinski definition) is 3. The van der Waals surface area contributed by atoms with Crippen molar-refractivity contribution in [1.29, 1.82) is 0 Å². The predicted molar refractivity (Wildman–Crippen MR) is 40.2 cm³/mol. The molecule has 0 radical (unpaired) electrons. The summed E-state index contributed by atoms with van der Waals surface area (Å²) >= 11 is 0. The number of carbonyl (C=O) groups is 1. The van der Waals surface area contributed by atoms with Crippen LogP contribution in [0, 0.1) is 5.92 Å². The second-order valence-electron chi connectivity index (χ2n) is 3.42. The maximum absolute atomic E-state index is 11.0. The van der Waals surface area contributed by atoms with Crippen molar-refractivity contribution >= 4 is 5.78 Å². The van der Waals surface area contributed by atoms with Crippen molar-refractivity contribution in [1.82, 2.24) is 0 Å². The van der Waals surface area contributed by atoms with Crippen LogP contribution >= 0.6 is 0 Å². The van der Waals surface area contributed by atoms with E-state index in [0.29, 0.717) is 6.61 Å². The summed E-state index contributed by atoms with van der Waals surface area (Å²) < 4.78 is 4.98. The standard InChI is InChI=1S/C8H14O3/c1-5(2)7(10)8(4-11-8)6(3)9/h5,7,10H,4H2,1-3H3/t7-,8-/m0/s1. The zero-order valence-electron chi connectivity index (χ0n) is 7.13. The van der Waals surface area contributed by atoms with Gasteiger partial charge in [0, 0.05) is 0 Å². The number of carbonyl (C=O) groups excluding carboxylic acids is 1. The molecule has 0 amide bonds. The van der Waals surface area contributed by atoms with Gasteiger partial charge in [-0.2, -0.15) is 0 Å². The Morgan fingerprint density at radius 1 is 1.64 bits per heavy atom. The molecule has 0 saturated carbocycles. The average molecular weight is 158 g/mol. The van der Waals surface area contributed by atoms with Gasteiger partial charge in [-0.3, -0.25) is 4.79 Å². The molecule has 2 atom stereocenters.